The van der Waals surface area contributed by atoms with Crippen LogP contribution in [0.25, 0.3) is 0 Å². The van der Waals surface area contributed by atoms with E-state index in [0.717, 1.165) is 19.3 Å². The summed E-state index contributed by atoms with van der Waals surface area (Å²) in [6.07, 6.45) is 6.67. The first-order valence-corrected chi connectivity index (χ1v) is 8.66. The summed E-state index contributed by atoms with van der Waals surface area (Å²) in [5, 5.41) is 9.04. The fourth-order valence-electron chi connectivity index (χ4n) is 2.06. The molecule has 2 atom stereocenters. The van der Waals surface area contributed by atoms with Gasteiger partial charge in [-0.1, -0.05) is 12.8 Å². The molecule has 2 N–H and O–H groups in total. The number of thioether (sulfide) groups is 1. The number of hydrogen-bond acceptors (Lipinski definition) is 4. The van der Waals surface area contributed by atoms with E-state index in [1.54, 1.807) is 11.8 Å². The third kappa shape index (κ3) is 4.61. The van der Waals surface area contributed by atoms with Crippen molar-refractivity contribution < 1.29 is 13.5 Å². The van der Waals surface area contributed by atoms with Gasteiger partial charge in [-0.15, -0.1) is 0 Å². The van der Waals surface area contributed by atoms with Gasteiger partial charge in [-0.25, -0.2) is 13.1 Å². The van der Waals surface area contributed by atoms with Gasteiger partial charge in [-0.05, 0) is 25.5 Å². The third-order valence-electron chi connectivity index (χ3n) is 2.91. The van der Waals surface area contributed by atoms with E-state index >= 15 is 0 Å². The van der Waals surface area contributed by atoms with Gasteiger partial charge < -0.3 is 5.11 Å². The minimum Gasteiger partial charge on any atom is -0.396 e. The van der Waals surface area contributed by atoms with Gasteiger partial charge in [0.2, 0.25) is 10.0 Å². The van der Waals surface area contributed by atoms with E-state index in [0.29, 0.717) is 11.7 Å². The van der Waals surface area contributed by atoms with Crippen molar-refractivity contribution in [3.63, 3.8) is 0 Å². The number of aliphatic hydroxyl groups is 1. The van der Waals surface area contributed by atoms with Crippen LogP contribution in [0.2, 0.25) is 0 Å². The monoisotopic (exact) mass is 267 g/mol. The van der Waals surface area contributed by atoms with E-state index in [1.165, 1.54) is 6.42 Å². The zero-order valence-corrected chi connectivity index (χ0v) is 11.3. The number of aliphatic hydroxyl groups excluding tert-OH is 1. The summed E-state index contributed by atoms with van der Waals surface area (Å²) in [6.45, 7) is -0.0719. The summed E-state index contributed by atoms with van der Waals surface area (Å²) in [4.78, 5) is 0. The molecule has 0 spiro atoms. The molecule has 2 unspecified atom stereocenters. The molecule has 0 amide bonds. The second-order valence-electron chi connectivity index (χ2n) is 4.18. The molecular formula is C10H21NO3S2. The van der Waals surface area contributed by atoms with Gasteiger partial charge in [0.1, 0.15) is 0 Å². The van der Waals surface area contributed by atoms with E-state index < -0.39 is 10.0 Å². The second kappa shape index (κ2) is 6.83. The first-order chi connectivity index (χ1) is 7.59. The summed E-state index contributed by atoms with van der Waals surface area (Å²) < 4.78 is 26.1. The fourth-order valence-corrected chi connectivity index (χ4v) is 4.45. The molecule has 0 radical (unpaired) electrons. The fraction of sp³-hybridized carbons (Fsp3) is 1.00. The molecule has 1 fully saturated rings. The Balaban J connectivity index is 2.50. The molecule has 4 nitrogen and oxygen atoms in total. The first kappa shape index (κ1) is 14.3. The predicted octanol–water partition coefficient (Wildman–Crippen LogP) is 0.962. The van der Waals surface area contributed by atoms with Crippen LogP contribution in [-0.2, 0) is 10.0 Å². The van der Waals surface area contributed by atoms with Gasteiger partial charge in [0, 0.05) is 17.9 Å². The third-order valence-corrected chi connectivity index (χ3v) is 5.57. The van der Waals surface area contributed by atoms with Gasteiger partial charge in [0.15, 0.2) is 0 Å². The summed E-state index contributed by atoms with van der Waals surface area (Å²) in [5.74, 6) is 0.0289. The second-order valence-corrected chi connectivity index (χ2v) is 7.13. The number of sulfonamides is 1. The first-order valence-electron chi connectivity index (χ1n) is 5.72. The summed E-state index contributed by atoms with van der Waals surface area (Å²) in [6, 6.07) is 0.0763. The van der Waals surface area contributed by atoms with Crippen LogP contribution in [0.15, 0.2) is 0 Å². The van der Waals surface area contributed by atoms with Crippen LogP contribution in [0.1, 0.15) is 32.1 Å². The average molecular weight is 267 g/mol. The molecule has 1 aliphatic rings. The van der Waals surface area contributed by atoms with Crippen LogP contribution in [0.4, 0.5) is 0 Å². The van der Waals surface area contributed by atoms with Crippen molar-refractivity contribution in [2.24, 2.45) is 0 Å². The molecule has 0 aliphatic heterocycles. The Kier molecular flexibility index (Phi) is 6.10. The largest absolute Gasteiger partial charge is 0.396 e. The van der Waals surface area contributed by atoms with Gasteiger partial charge >= 0.3 is 0 Å². The van der Waals surface area contributed by atoms with Crippen molar-refractivity contribution in [1.82, 2.24) is 4.72 Å². The van der Waals surface area contributed by atoms with Crippen LogP contribution in [0.3, 0.4) is 0 Å². The van der Waals surface area contributed by atoms with E-state index in [4.69, 9.17) is 5.11 Å². The van der Waals surface area contributed by atoms with Crippen molar-refractivity contribution in [3.05, 3.63) is 0 Å². The maximum atomic E-state index is 11.7. The molecule has 0 aromatic heterocycles. The van der Waals surface area contributed by atoms with Crippen LogP contribution < -0.4 is 4.72 Å². The standard InChI is InChI=1S/C10H21NO3S2/c1-15-10-6-3-2-5-9(10)11-16(13,14)8-4-7-12/h9-12H,2-8H2,1H3. The Morgan fingerprint density at radius 1 is 1.38 bits per heavy atom. The van der Waals surface area contributed by atoms with Crippen LogP contribution in [0.5, 0.6) is 0 Å². The molecular weight excluding hydrogens is 246 g/mol. The molecule has 1 aliphatic carbocycles. The van der Waals surface area contributed by atoms with Crippen LogP contribution in [0, 0.1) is 0 Å². The van der Waals surface area contributed by atoms with E-state index in [-0.39, 0.29) is 18.4 Å². The van der Waals surface area contributed by atoms with E-state index in [9.17, 15) is 8.42 Å². The molecule has 0 aromatic carbocycles. The normalized spacial score (nSPS) is 26.9. The number of hydrogen-bond donors (Lipinski definition) is 2. The zero-order valence-electron chi connectivity index (χ0n) is 9.68. The van der Waals surface area contributed by atoms with Crippen molar-refractivity contribution in [1.29, 1.82) is 0 Å². The van der Waals surface area contributed by atoms with Crippen molar-refractivity contribution in [3.8, 4) is 0 Å². The van der Waals surface area contributed by atoms with Gasteiger partial charge in [0.05, 0.1) is 5.75 Å². The van der Waals surface area contributed by atoms with Gasteiger partial charge in [0.25, 0.3) is 0 Å². The van der Waals surface area contributed by atoms with Gasteiger partial charge in [-0.2, -0.15) is 11.8 Å². The molecule has 0 aromatic rings. The molecule has 0 saturated heterocycles. The highest BCUT2D eigenvalue weighted by molar-refractivity contribution is 7.99. The Morgan fingerprint density at radius 3 is 2.69 bits per heavy atom. The van der Waals surface area contributed by atoms with Crippen molar-refractivity contribution >= 4 is 21.8 Å². The van der Waals surface area contributed by atoms with E-state index in [2.05, 4.69) is 4.72 Å². The lowest BCUT2D eigenvalue weighted by atomic mass is 9.96. The topological polar surface area (TPSA) is 66.4 Å². The molecule has 6 heteroatoms. The Hall–Kier alpha value is 0.220. The molecule has 1 saturated carbocycles. The number of nitrogens with one attached hydrogen (secondary N) is 1. The number of rotatable bonds is 6. The van der Waals surface area contributed by atoms with Gasteiger partial charge in [-0.3, -0.25) is 0 Å². The lowest BCUT2D eigenvalue weighted by Gasteiger charge is -2.30. The Labute approximate surface area is 102 Å². The predicted molar refractivity (Wildman–Crippen MR) is 68.2 cm³/mol. The average Bonchev–Trinajstić information content (AvgIpc) is 2.27. The molecule has 0 bridgehead atoms. The Morgan fingerprint density at radius 2 is 2.06 bits per heavy atom. The maximum absolute atomic E-state index is 11.7. The minimum absolute atomic E-state index is 0.0289. The summed E-state index contributed by atoms with van der Waals surface area (Å²) in [7, 11) is -3.21. The molecule has 96 valence electrons. The SMILES string of the molecule is CSC1CCCCC1NS(=O)(=O)CCCO. The Bertz CT molecular complexity index is 292. The van der Waals surface area contributed by atoms with Crippen LogP contribution >= 0.6 is 11.8 Å². The summed E-state index contributed by atoms with van der Waals surface area (Å²) in [5.41, 5.74) is 0. The van der Waals surface area contributed by atoms with E-state index in [1.807, 2.05) is 6.26 Å². The lowest BCUT2D eigenvalue weighted by Crippen LogP contribution is -2.44. The lowest BCUT2D eigenvalue weighted by molar-refractivity contribution is 0.295. The molecule has 1 rings (SSSR count). The smallest absolute Gasteiger partial charge is 0.211 e. The maximum Gasteiger partial charge on any atom is 0.211 e. The van der Waals surface area contributed by atoms with Crippen molar-refractivity contribution in [2.45, 2.75) is 43.4 Å². The minimum atomic E-state index is -3.21. The zero-order chi connectivity index (χ0) is 12.0. The highest BCUT2D eigenvalue weighted by Crippen LogP contribution is 2.27. The molecule has 0 heterocycles. The highest BCUT2D eigenvalue weighted by atomic mass is 32.2. The summed E-state index contributed by atoms with van der Waals surface area (Å²) >= 11 is 1.74. The molecule has 16 heavy (non-hydrogen) atoms. The quantitative estimate of drug-likeness (QED) is 0.752. The van der Waals surface area contributed by atoms with Crippen molar-refractivity contribution in [2.75, 3.05) is 18.6 Å². The van der Waals surface area contributed by atoms with Crippen LogP contribution in [-0.4, -0.2) is 43.4 Å². The highest BCUT2D eigenvalue weighted by Gasteiger charge is 2.27.